The van der Waals surface area contributed by atoms with E-state index in [4.69, 9.17) is 0 Å². The molecule has 1 atom stereocenters. The summed E-state index contributed by atoms with van der Waals surface area (Å²) in [5.41, 5.74) is 0.611. The molecule has 64 valence electrons. The molecule has 1 N–H and O–H groups in total. The van der Waals surface area contributed by atoms with Gasteiger partial charge < -0.3 is 5.11 Å². The van der Waals surface area contributed by atoms with Crippen LogP contribution in [0.5, 0.6) is 0 Å². The van der Waals surface area contributed by atoms with Gasteiger partial charge in [-0.1, -0.05) is 13.3 Å². The standard InChI is InChI=1S/C10H18O/c1-2-8-5-10(6-8)4-3-9(11)7-10/h8-9,11H,2-7H2,1H3. The van der Waals surface area contributed by atoms with E-state index in [1.165, 1.54) is 25.7 Å². The van der Waals surface area contributed by atoms with Crippen molar-refractivity contribution < 1.29 is 5.11 Å². The van der Waals surface area contributed by atoms with E-state index in [0.29, 0.717) is 5.41 Å². The highest BCUT2D eigenvalue weighted by Crippen LogP contribution is 2.56. The number of aliphatic hydroxyl groups excluding tert-OH is 1. The normalized spacial score (nSPS) is 49.6. The molecule has 11 heavy (non-hydrogen) atoms. The molecule has 1 unspecified atom stereocenters. The number of aliphatic hydroxyl groups is 1. The summed E-state index contributed by atoms with van der Waals surface area (Å²) in [7, 11) is 0. The summed E-state index contributed by atoms with van der Waals surface area (Å²) in [6.45, 7) is 2.28. The second kappa shape index (κ2) is 2.48. The fraction of sp³-hybridized carbons (Fsp3) is 1.00. The lowest BCUT2D eigenvalue weighted by Crippen LogP contribution is -2.34. The van der Waals surface area contributed by atoms with Gasteiger partial charge in [-0.25, -0.2) is 0 Å². The first-order chi connectivity index (χ1) is 5.24. The van der Waals surface area contributed by atoms with Crippen LogP contribution >= 0.6 is 0 Å². The Morgan fingerprint density at radius 3 is 2.55 bits per heavy atom. The van der Waals surface area contributed by atoms with Crippen LogP contribution in [0.15, 0.2) is 0 Å². The van der Waals surface area contributed by atoms with Crippen LogP contribution in [0.25, 0.3) is 0 Å². The summed E-state index contributed by atoms with van der Waals surface area (Å²) >= 11 is 0. The zero-order chi connectivity index (χ0) is 7.90. The van der Waals surface area contributed by atoms with Crippen molar-refractivity contribution in [2.45, 2.75) is 51.6 Å². The summed E-state index contributed by atoms with van der Waals surface area (Å²) in [6.07, 6.45) is 7.65. The highest BCUT2D eigenvalue weighted by Gasteiger charge is 2.47. The van der Waals surface area contributed by atoms with Gasteiger partial charge in [-0.15, -0.1) is 0 Å². The van der Waals surface area contributed by atoms with Crippen LogP contribution < -0.4 is 0 Å². The van der Waals surface area contributed by atoms with Crippen LogP contribution in [0.1, 0.15) is 45.4 Å². The van der Waals surface area contributed by atoms with E-state index in [2.05, 4.69) is 6.92 Å². The van der Waals surface area contributed by atoms with Crippen molar-refractivity contribution >= 4 is 0 Å². The van der Waals surface area contributed by atoms with E-state index in [-0.39, 0.29) is 6.10 Å². The first-order valence-corrected chi connectivity index (χ1v) is 4.92. The maximum Gasteiger partial charge on any atom is 0.0545 e. The summed E-state index contributed by atoms with van der Waals surface area (Å²) in [5.74, 6) is 0.986. The second-order valence-electron chi connectivity index (χ2n) is 4.58. The number of hydrogen-bond donors (Lipinski definition) is 1. The molecule has 2 aliphatic carbocycles. The molecule has 0 radical (unpaired) electrons. The van der Waals surface area contributed by atoms with Crippen molar-refractivity contribution in [1.82, 2.24) is 0 Å². The average Bonchev–Trinajstić information content (AvgIpc) is 2.28. The van der Waals surface area contributed by atoms with E-state index in [0.717, 1.165) is 18.8 Å². The van der Waals surface area contributed by atoms with E-state index >= 15 is 0 Å². The third-order valence-electron chi connectivity index (χ3n) is 3.70. The van der Waals surface area contributed by atoms with E-state index < -0.39 is 0 Å². The molecule has 2 aliphatic rings. The lowest BCUT2D eigenvalue weighted by molar-refractivity contribution is 0.0425. The van der Waals surface area contributed by atoms with Crippen molar-refractivity contribution in [2.24, 2.45) is 11.3 Å². The molecule has 2 saturated carbocycles. The van der Waals surface area contributed by atoms with Crippen molar-refractivity contribution in [3.8, 4) is 0 Å². The molecule has 2 fully saturated rings. The smallest absolute Gasteiger partial charge is 0.0545 e. The van der Waals surface area contributed by atoms with Crippen LogP contribution in [-0.2, 0) is 0 Å². The van der Waals surface area contributed by atoms with Crippen LogP contribution in [0.3, 0.4) is 0 Å². The summed E-state index contributed by atoms with van der Waals surface area (Å²) in [6, 6.07) is 0. The van der Waals surface area contributed by atoms with Gasteiger partial charge in [-0.2, -0.15) is 0 Å². The van der Waals surface area contributed by atoms with Crippen molar-refractivity contribution in [3.05, 3.63) is 0 Å². The molecule has 1 spiro atoms. The molecule has 1 heteroatoms. The Kier molecular flexibility index (Phi) is 1.71. The molecule has 0 aromatic carbocycles. The predicted octanol–water partition coefficient (Wildman–Crippen LogP) is 2.34. The van der Waals surface area contributed by atoms with Gasteiger partial charge >= 0.3 is 0 Å². The zero-order valence-corrected chi connectivity index (χ0v) is 7.34. The minimum Gasteiger partial charge on any atom is -0.393 e. The highest BCUT2D eigenvalue weighted by atomic mass is 16.3. The van der Waals surface area contributed by atoms with Crippen LogP contribution in [0.4, 0.5) is 0 Å². The molecule has 0 aliphatic heterocycles. The van der Waals surface area contributed by atoms with E-state index in [1.54, 1.807) is 0 Å². The monoisotopic (exact) mass is 154 g/mol. The molecule has 0 saturated heterocycles. The summed E-state index contributed by atoms with van der Waals surface area (Å²) < 4.78 is 0. The molecule has 0 heterocycles. The molecular formula is C10H18O. The topological polar surface area (TPSA) is 20.2 Å². The Labute approximate surface area is 68.8 Å². The predicted molar refractivity (Wildman–Crippen MR) is 45.3 cm³/mol. The molecular weight excluding hydrogens is 136 g/mol. The van der Waals surface area contributed by atoms with Gasteiger partial charge in [0.1, 0.15) is 0 Å². The maximum absolute atomic E-state index is 9.39. The largest absolute Gasteiger partial charge is 0.393 e. The Morgan fingerprint density at radius 1 is 1.36 bits per heavy atom. The fourth-order valence-corrected chi connectivity index (χ4v) is 3.00. The van der Waals surface area contributed by atoms with Crippen LogP contribution in [0, 0.1) is 11.3 Å². The lowest BCUT2D eigenvalue weighted by Gasteiger charge is -2.45. The quantitative estimate of drug-likeness (QED) is 0.614. The molecule has 0 amide bonds. The Hall–Kier alpha value is -0.0400. The Balaban J connectivity index is 1.87. The van der Waals surface area contributed by atoms with Crippen molar-refractivity contribution in [2.75, 3.05) is 0 Å². The first-order valence-electron chi connectivity index (χ1n) is 4.92. The average molecular weight is 154 g/mol. The van der Waals surface area contributed by atoms with Gasteiger partial charge in [0, 0.05) is 0 Å². The molecule has 1 nitrogen and oxygen atoms in total. The van der Waals surface area contributed by atoms with Gasteiger partial charge in [0.05, 0.1) is 6.10 Å². The minimum absolute atomic E-state index is 0.0350. The fourth-order valence-electron chi connectivity index (χ4n) is 3.00. The molecule has 0 aromatic rings. The SMILES string of the molecule is CCC1CC2(CCC(O)C2)C1. The highest BCUT2D eigenvalue weighted by molar-refractivity contribution is 4.98. The summed E-state index contributed by atoms with van der Waals surface area (Å²) in [4.78, 5) is 0. The number of rotatable bonds is 1. The summed E-state index contributed by atoms with van der Waals surface area (Å²) in [5, 5.41) is 9.39. The minimum atomic E-state index is 0.0350. The molecule has 2 rings (SSSR count). The van der Waals surface area contributed by atoms with Gasteiger partial charge in [0.25, 0.3) is 0 Å². The first kappa shape index (κ1) is 7.60. The lowest BCUT2D eigenvalue weighted by atomic mass is 9.60. The van der Waals surface area contributed by atoms with Crippen LogP contribution in [0.2, 0.25) is 0 Å². The van der Waals surface area contributed by atoms with Gasteiger partial charge in [0.2, 0.25) is 0 Å². The Bertz CT molecular complexity index is 147. The van der Waals surface area contributed by atoms with Gasteiger partial charge in [-0.3, -0.25) is 0 Å². The third kappa shape index (κ3) is 1.20. The van der Waals surface area contributed by atoms with Gasteiger partial charge in [0.15, 0.2) is 0 Å². The molecule has 0 aromatic heterocycles. The van der Waals surface area contributed by atoms with Crippen LogP contribution in [-0.4, -0.2) is 11.2 Å². The Morgan fingerprint density at radius 2 is 2.09 bits per heavy atom. The van der Waals surface area contributed by atoms with Crippen molar-refractivity contribution in [3.63, 3.8) is 0 Å². The van der Waals surface area contributed by atoms with E-state index in [9.17, 15) is 5.11 Å². The maximum atomic E-state index is 9.39. The van der Waals surface area contributed by atoms with Gasteiger partial charge in [-0.05, 0) is 43.4 Å². The molecule has 0 bridgehead atoms. The second-order valence-corrected chi connectivity index (χ2v) is 4.58. The van der Waals surface area contributed by atoms with Crippen molar-refractivity contribution in [1.29, 1.82) is 0 Å². The number of hydrogen-bond acceptors (Lipinski definition) is 1. The third-order valence-corrected chi connectivity index (χ3v) is 3.70. The zero-order valence-electron chi connectivity index (χ0n) is 7.34. The van der Waals surface area contributed by atoms with E-state index in [1.807, 2.05) is 0 Å².